The summed E-state index contributed by atoms with van der Waals surface area (Å²) in [5.74, 6) is -0.436. The Morgan fingerprint density at radius 1 is 1.15 bits per heavy atom. The number of likely N-dealkylation sites (N-methyl/N-ethyl adjacent to an activating group) is 1. The van der Waals surface area contributed by atoms with E-state index in [1.165, 1.54) is 12.7 Å². The van der Waals surface area contributed by atoms with Crippen molar-refractivity contribution in [2.45, 2.75) is 26.4 Å². The molecule has 1 atom stereocenters. The van der Waals surface area contributed by atoms with Gasteiger partial charge in [0.05, 0.1) is 12.7 Å². The summed E-state index contributed by atoms with van der Waals surface area (Å²) < 4.78 is 4.72. The minimum Gasteiger partial charge on any atom is -0.465 e. The van der Waals surface area contributed by atoms with E-state index in [9.17, 15) is 9.59 Å². The smallest absolute Gasteiger partial charge is 0.337 e. The van der Waals surface area contributed by atoms with Crippen molar-refractivity contribution in [3.05, 3.63) is 65.2 Å². The molecule has 2 rings (SSSR count). The highest BCUT2D eigenvalue weighted by molar-refractivity contribution is 5.94. The van der Waals surface area contributed by atoms with Gasteiger partial charge in [-0.15, -0.1) is 0 Å². The van der Waals surface area contributed by atoms with E-state index in [1.54, 1.807) is 18.2 Å². The van der Waals surface area contributed by atoms with E-state index < -0.39 is 5.97 Å². The topological polar surface area (TPSA) is 70.7 Å². The number of esters is 1. The van der Waals surface area contributed by atoms with Crippen molar-refractivity contribution in [1.29, 1.82) is 0 Å². The fourth-order valence-electron chi connectivity index (χ4n) is 2.86. The fourth-order valence-corrected chi connectivity index (χ4v) is 2.86. The van der Waals surface area contributed by atoms with Crippen LogP contribution in [0.4, 0.5) is 10.5 Å². The van der Waals surface area contributed by atoms with Gasteiger partial charge in [0.15, 0.2) is 0 Å². The second-order valence-corrected chi connectivity index (χ2v) is 6.70. The van der Waals surface area contributed by atoms with Gasteiger partial charge in [-0.2, -0.15) is 0 Å². The lowest BCUT2D eigenvalue weighted by Gasteiger charge is -2.22. The summed E-state index contributed by atoms with van der Waals surface area (Å²) in [5, 5.41) is 5.73. The van der Waals surface area contributed by atoms with Gasteiger partial charge in [0.1, 0.15) is 0 Å². The summed E-state index contributed by atoms with van der Waals surface area (Å²) in [7, 11) is 3.35. The third kappa shape index (κ3) is 6.42. The van der Waals surface area contributed by atoms with Crippen LogP contribution >= 0.6 is 0 Å². The number of anilines is 1. The van der Waals surface area contributed by atoms with E-state index in [0.717, 1.165) is 12.1 Å². The van der Waals surface area contributed by atoms with Crippen LogP contribution in [0.15, 0.2) is 48.5 Å². The number of nitrogens with zero attached hydrogens (tertiary/aromatic N) is 1. The van der Waals surface area contributed by atoms with Crippen molar-refractivity contribution in [1.82, 2.24) is 10.2 Å². The van der Waals surface area contributed by atoms with Crippen LogP contribution in [0.3, 0.4) is 0 Å². The summed E-state index contributed by atoms with van der Waals surface area (Å²) in [6.45, 7) is 5.35. The summed E-state index contributed by atoms with van der Waals surface area (Å²) in [6.07, 6.45) is 0. The van der Waals surface area contributed by atoms with Gasteiger partial charge in [-0.25, -0.2) is 9.59 Å². The van der Waals surface area contributed by atoms with E-state index in [-0.39, 0.29) is 12.1 Å². The van der Waals surface area contributed by atoms with E-state index >= 15 is 0 Å². The van der Waals surface area contributed by atoms with Gasteiger partial charge in [-0.1, -0.05) is 36.4 Å². The molecule has 0 bridgehead atoms. The number of aryl methyl sites for hydroxylation is 1. The van der Waals surface area contributed by atoms with Crippen LogP contribution in [0.2, 0.25) is 0 Å². The highest BCUT2D eigenvalue weighted by Gasteiger charge is 2.13. The summed E-state index contributed by atoms with van der Waals surface area (Å²) >= 11 is 0. The number of rotatable bonds is 7. The zero-order chi connectivity index (χ0) is 19.8. The Bertz CT molecular complexity index is 777. The molecule has 0 unspecified atom stereocenters. The minimum absolute atomic E-state index is 0.0391. The van der Waals surface area contributed by atoms with Crippen molar-refractivity contribution in [2.75, 3.05) is 26.0 Å². The van der Waals surface area contributed by atoms with Gasteiger partial charge in [0.2, 0.25) is 0 Å². The van der Waals surface area contributed by atoms with Gasteiger partial charge >= 0.3 is 12.0 Å². The van der Waals surface area contributed by atoms with E-state index in [0.29, 0.717) is 17.8 Å². The Hall–Kier alpha value is -2.86. The average molecular weight is 369 g/mol. The highest BCUT2D eigenvalue weighted by atomic mass is 16.5. The minimum atomic E-state index is -0.436. The maximum atomic E-state index is 12.3. The normalized spacial score (nSPS) is 11.7. The van der Waals surface area contributed by atoms with Crippen LogP contribution in [0, 0.1) is 6.92 Å². The first-order chi connectivity index (χ1) is 12.9. The zero-order valence-electron chi connectivity index (χ0n) is 16.3. The second-order valence-electron chi connectivity index (χ2n) is 6.70. The standard InChI is InChI=1S/C21H27N3O3/c1-15-10-11-18(20(25)27-4)12-19(15)23-21(26)22-16(2)13-24(3)14-17-8-6-5-7-9-17/h5-12,16H,13-14H2,1-4H3,(H2,22,23,26)/t16-/m1/s1. The number of nitrogens with one attached hydrogen (secondary N) is 2. The Kier molecular flexibility index (Phi) is 7.37. The van der Waals surface area contributed by atoms with Crippen LogP contribution in [0.1, 0.15) is 28.4 Å². The molecule has 0 heterocycles. The molecule has 0 saturated heterocycles. The SMILES string of the molecule is COC(=O)c1ccc(C)c(NC(=O)N[C@H](C)CN(C)Cc2ccccc2)c1. The maximum Gasteiger partial charge on any atom is 0.337 e. The van der Waals surface area contributed by atoms with Gasteiger partial charge in [-0.05, 0) is 44.2 Å². The molecule has 6 heteroatoms. The Morgan fingerprint density at radius 2 is 1.85 bits per heavy atom. The average Bonchev–Trinajstić information content (AvgIpc) is 2.63. The maximum absolute atomic E-state index is 12.3. The molecule has 0 fully saturated rings. The third-order valence-electron chi connectivity index (χ3n) is 4.17. The van der Waals surface area contributed by atoms with Crippen LogP contribution < -0.4 is 10.6 Å². The summed E-state index contributed by atoms with van der Waals surface area (Å²) in [4.78, 5) is 26.1. The third-order valence-corrected chi connectivity index (χ3v) is 4.17. The molecule has 0 saturated carbocycles. The van der Waals surface area contributed by atoms with E-state index in [2.05, 4.69) is 27.7 Å². The molecule has 2 aromatic carbocycles. The molecule has 0 aliphatic heterocycles. The molecule has 2 amide bonds. The first-order valence-electron chi connectivity index (χ1n) is 8.88. The summed E-state index contributed by atoms with van der Waals surface area (Å²) in [5.41, 5.74) is 3.08. The van der Waals surface area contributed by atoms with Crippen molar-refractivity contribution in [3.63, 3.8) is 0 Å². The molecule has 0 aliphatic rings. The van der Waals surface area contributed by atoms with Gasteiger partial charge in [-0.3, -0.25) is 0 Å². The lowest BCUT2D eigenvalue weighted by Crippen LogP contribution is -2.42. The fraction of sp³-hybridized carbons (Fsp3) is 0.333. The number of amides is 2. The highest BCUT2D eigenvalue weighted by Crippen LogP contribution is 2.17. The molecule has 27 heavy (non-hydrogen) atoms. The number of carbonyl (C=O) groups excluding carboxylic acids is 2. The van der Waals surface area contributed by atoms with Gasteiger partial charge in [0, 0.05) is 24.8 Å². The van der Waals surface area contributed by atoms with Crippen LogP contribution in [0.5, 0.6) is 0 Å². The molecule has 2 aromatic rings. The molecule has 0 spiro atoms. The molecule has 0 aliphatic carbocycles. The molecule has 144 valence electrons. The first kappa shape index (κ1) is 20.5. The first-order valence-corrected chi connectivity index (χ1v) is 8.88. The zero-order valence-corrected chi connectivity index (χ0v) is 16.3. The van der Waals surface area contributed by atoms with Crippen LogP contribution in [0.25, 0.3) is 0 Å². The quantitative estimate of drug-likeness (QED) is 0.734. The Morgan fingerprint density at radius 3 is 2.52 bits per heavy atom. The molecular weight excluding hydrogens is 342 g/mol. The van der Waals surface area contributed by atoms with Crippen LogP contribution in [-0.4, -0.2) is 43.6 Å². The predicted octanol–water partition coefficient (Wildman–Crippen LogP) is 3.42. The Labute approximate surface area is 160 Å². The van der Waals surface area contributed by atoms with Crippen molar-refractivity contribution >= 4 is 17.7 Å². The molecule has 0 radical (unpaired) electrons. The second kappa shape index (κ2) is 9.73. The number of carbonyl (C=O) groups is 2. The van der Waals surface area contributed by atoms with Crippen molar-refractivity contribution in [3.8, 4) is 0 Å². The van der Waals surface area contributed by atoms with Crippen molar-refractivity contribution in [2.24, 2.45) is 0 Å². The molecule has 6 nitrogen and oxygen atoms in total. The predicted molar refractivity (Wildman–Crippen MR) is 107 cm³/mol. The number of urea groups is 1. The van der Waals surface area contributed by atoms with Gasteiger partial charge < -0.3 is 20.3 Å². The molecular formula is C21H27N3O3. The molecule has 0 aromatic heterocycles. The number of benzene rings is 2. The van der Waals surface area contributed by atoms with Crippen molar-refractivity contribution < 1.29 is 14.3 Å². The Balaban J connectivity index is 1.88. The lowest BCUT2D eigenvalue weighted by atomic mass is 10.1. The number of methoxy groups -OCH3 is 1. The molecule has 2 N–H and O–H groups in total. The number of hydrogen-bond donors (Lipinski definition) is 2. The summed E-state index contributed by atoms with van der Waals surface area (Å²) in [6, 6.07) is 14.9. The van der Waals surface area contributed by atoms with E-state index in [1.807, 2.05) is 39.1 Å². The van der Waals surface area contributed by atoms with Gasteiger partial charge in [0.25, 0.3) is 0 Å². The number of hydrogen-bond acceptors (Lipinski definition) is 4. The lowest BCUT2D eigenvalue weighted by molar-refractivity contribution is 0.0600. The largest absolute Gasteiger partial charge is 0.465 e. The monoisotopic (exact) mass is 369 g/mol. The number of ether oxygens (including phenoxy) is 1. The van der Waals surface area contributed by atoms with E-state index in [4.69, 9.17) is 4.74 Å². The van der Waals surface area contributed by atoms with Crippen LogP contribution in [-0.2, 0) is 11.3 Å².